The normalized spacial score (nSPS) is 10.8. The van der Waals surface area contributed by atoms with Crippen LogP contribution in [-0.2, 0) is 0 Å². The van der Waals surface area contributed by atoms with Crippen LogP contribution in [0.4, 0.5) is 0 Å². The second-order valence-corrected chi connectivity index (χ2v) is 11.5. The molecule has 0 aliphatic rings. The number of nitriles is 3. The molecule has 8 aromatic rings. The van der Waals surface area contributed by atoms with Crippen molar-refractivity contribution in [2.45, 2.75) is 0 Å². The highest BCUT2D eigenvalue weighted by molar-refractivity contribution is 6.10. The fourth-order valence-corrected chi connectivity index (χ4v) is 6.22. The molecule has 0 fully saturated rings. The van der Waals surface area contributed by atoms with Gasteiger partial charge in [-0.1, -0.05) is 84.9 Å². The topological polar surface area (TPSA) is 115 Å². The van der Waals surface area contributed by atoms with Crippen LogP contribution in [0.1, 0.15) is 16.7 Å². The first kappa shape index (κ1) is 29.0. The van der Waals surface area contributed by atoms with Crippen LogP contribution in [0.25, 0.3) is 72.8 Å². The molecule has 7 nitrogen and oxygen atoms in total. The van der Waals surface area contributed by atoms with E-state index in [4.69, 9.17) is 15.0 Å². The number of aromatic nitrogens is 4. The van der Waals surface area contributed by atoms with Gasteiger partial charge in [0.25, 0.3) is 0 Å². The Kier molecular flexibility index (Phi) is 7.16. The van der Waals surface area contributed by atoms with E-state index in [9.17, 15) is 15.8 Å². The first-order chi connectivity index (χ1) is 24.1. The quantitative estimate of drug-likeness (QED) is 0.188. The summed E-state index contributed by atoms with van der Waals surface area (Å²) in [4.78, 5) is 14.7. The first-order valence-corrected chi connectivity index (χ1v) is 15.5. The lowest BCUT2D eigenvalue weighted by Crippen LogP contribution is -2.02. The Balaban J connectivity index is 1.34. The summed E-state index contributed by atoms with van der Waals surface area (Å²) in [6.45, 7) is 0. The average Bonchev–Trinajstić information content (AvgIpc) is 3.51. The number of benzene rings is 6. The lowest BCUT2D eigenvalue weighted by molar-refractivity contribution is 1.07. The summed E-state index contributed by atoms with van der Waals surface area (Å²) in [6, 6.07) is 51.3. The molecule has 0 unspecified atom stereocenters. The maximum atomic E-state index is 10.3. The molecule has 0 aliphatic carbocycles. The zero-order valence-electron chi connectivity index (χ0n) is 25.9. The van der Waals surface area contributed by atoms with E-state index in [0.717, 1.165) is 49.6 Å². The van der Waals surface area contributed by atoms with E-state index in [1.165, 1.54) is 0 Å². The van der Waals surface area contributed by atoms with Crippen LogP contribution < -0.4 is 0 Å². The minimum Gasteiger partial charge on any atom is -0.308 e. The number of nitrogens with zero attached hydrogens (tertiary/aromatic N) is 7. The molecule has 0 saturated heterocycles. The molecule has 0 amide bonds. The van der Waals surface area contributed by atoms with Crippen molar-refractivity contribution in [1.82, 2.24) is 19.5 Å². The van der Waals surface area contributed by atoms with Crippen molar-refractivity contribution in [3.63, 3.8) is 0 Å². The zero-order valence-corrected chi connectivity index (χ0v) is 25.9. The summed E-state index contributed by atoms with van der Waals surface area (Å²) in [5, 5.41) is 31.5. The van der Waals surface area contributed by atoms with E-state index in [2.05, 4.69) is 34.9 Å². The zero-order chi connectivity index (χ0) is 33.3. The molecule has 0 aliphatic heterocycles. The van der Waals surface area contributed by atoms with E-state index in [1.807, 2.05) is 109 Å². The van der Waals surface area contributed by atoms with Gasteiger partial charge in [0.1, 0.15) is 6.07 Å². The summed E-state index contributed by atoms with van der Waals surface area (Å²) in [6.07, 6.45) is 0. The summed E-state index contributed by atoms with van der Waals surface area (Å²) in [5.41, 5.74) is 8.03. The van der Waals surface area contributed by atoms with Gasteiger partial charge in [0.2, 0.25) is 0 Å². The van der Waals surface area contributed by atoms with Crippen LogP contribution in [0.15, 0.2) is 140 Å². The van der Waals surface area contributed by atoms with Crippen LogP contribution in [0.5, 0.6) is 0 Å². The Labute approximate surface area is 281 Å². The highest BCUT2D eigenvalue weighted by Gasteiger charge is 2.19. The Morgan fingerprint density at radius 2 is 0.959 bits per heavy atom. The Morgan fingerprint density at radius 3 is 1.57 bits per heavy atom. The molecule has 7 heteroatoms. The van der Waals surface area contributed by atoms with Crippen molar-refractivity contribution in [3.8, 4) is 69.2 Å². The molecule has 6 aromatic carbocycles. The highest BCUT2D eigenvalue weighted by Crippen LogP contribution is 2.37. The Bertz CT molecular complexity index is 2600. The van der Waals surface area contributed by atoms with Gasteiger partial charge in [0.15, 0.2) is 17.5 Å². The van der Waals surface area contributed by atoms with Gasteiger partial charge in [-0.05, 0) is 65.7 Å². The van der Waals surface area contributed by atoms with Crippen LogP contribution in [0.2, 0.25) is 0 Å². The Hall–Kier alpha value is -7.40. The third-order valence-electron chi connectivity index (χ3n) is 8.51. The maximum Gasteiger partial charge on any atom is 0.164 e. The third-order valence-corrected chi connectivity index (χ3v) is 8.51. The fraction of sp³-hybridized carbons (Fsp3) is 0. The molecule has 0 radical (unpaired) electrons. The van der Waals surface area contributed by atoms with Gasteiger partial charge >= 0.3 is 0 Å². The number of hydrogen-bond acceptors (Lipinski definition) is 6. The molecule has 49 heavy (non-hydrogen) atoms. The van der Waals surface area contributed by atoms with E-state index < -0.39 is 0 Å². The first-order valence-electron chi connectivity index (χ1n) is 15.5. The predicted molar refractivity (Wildman–Crippen MR) is 190 cm³/mol. The SMILES string of the molecule is N#Cc1cc(C#N)cc(-c2ccc3c(c2)c2ccccc2n3-c2cc(-c3nc(-c4ccccc4)nc(-c4ccccc4)n3)ccc2C#N)c1. The van der Waals surface area contributed by atoms with Crippen LogP contribution in [0.3, 0.4) is 0 Å². The minimum atomic E-state index is 0.427. The van der Waals surface area contributed by atoms with Crippen molar-refractivity contribution in [1.29, 1.82) is 15.8 Å². The molecule has 0 saturated carbocycles. The van der Waals surface area contributed by atoms with E-state index in [1.54, 1.807) is 18.2 Å². The number of fused-ring (bicyclic) bond motifs is 3. The Morgan fingerprint density at radius 1 is 0.408 bits per heavy atom. The summed E-state index contributed by atoms with van der Waals surface area (Å²) in [5.74, 6) is 1.60. The fourth-order valence-electron chi connectivity index (χ4n) is 6.22. The molecule has 0 bridgehead atoms. The summed E-state index contributed by atoms with van der Waals surface area (Å²) < 4.78 is 2.10. The number of para-hydroxylation sites is 1. The van der Waals surface area contributed by atoms with Crippen LogP contribution >= 0.6 is 0 Å². The van der Waals surface area contributed by atoms with Gasteiger partial charge in [-0.25, -0.2) is 15.0 Å². The molecule has 0 spiro atoms. The second kappa shape index (κ2) is 12.1. The monoisotopic (exact) mass is 625 g/mol. The van der Waals surface area contributed by atoms with Crippen LogP contribution in [-0.4, -0.2) is 19.5 Å². The average molecular weight is 626 g/mol. The largest absolute Gasteiger partial charge is 0.308 e. The van der Waals surface area contributed by atoms with Gasteiger partial charge < -0.3 is 4.57 Å². The van der Waals surface area contributed by atoms with Gasteiger partial charge in [0, 0.05) is 27.5 Å². The number of rotatable bonds is 5. The van der Waals surface area contributed by atoms with Gasteiger partial charge in [-0.3, -0.25) is 0 Å². The molecular formula is C42H23N7. The van der Waals surface area contributed by atoms with Gasteiger partial charge in [-0.2, -0.15) is 15.8 Å². The van der Waals surface area contributed by atoms with Crippen molar-refractivity contribution in [2.24, 2.45) is 0 Å². The van der Waals surface area contributed by atoms with Crippen molar-refractivity contribution in [3.05, 3.63) is 156 Å². The van der Waals surface area contributed by atoms with E-state index in [-0.39, 0.29) is 0 Å². The molecule has 8 rings (SSSR count). The molecule has 0 N–H and O–H groups in total. The summed E-state index contributed by atoms with van der Waals surface area (Å²) in [7, 11) is 0. The lowest BCUT2D eigenvalue weighted by Gasteiger charge is -2.13. The standard InChI is InChI=1S/C42H23N7/c43-24-27-19-28(25-44)21-34(20-27)31-17-18-38-36(22-31)35-13-7-8-14-37(35)49(38)39-23-32(15-16-33(39)26-45)42-47-40(29-9-3-1-4-10-29)46-41(48-42)30-11-5-2-6-12-30/h1-23H. The maximum absolute atomic E-state index is 10.3. The van der Waals surface area contributed by atoms with Gasteiger partial charge in [0.05, 0.1) is 45.5 Å². The second-order valence-electron chi connectivity index (χ2n) is 11.5. The predicted octanol–water partition coefficient (Wildman–Crippen LogP) is 9.25. The molecular weight excluding hydrogens is 603 g/mol. The van der Waals surface area contributed by atoms with E-state index in [0.29, 0.717) is 39.9 Å². The molecule has 2 heterocycles. The summed E-state index contributed by atoms with van der Waals surface area (Å²) >= 11 is 0. The van der Waals surface area contributed by atoms with Crippen LogP contribution in [0, 0.1) is 34.0 Å². The smallest absolute Gasteiger partial charge is 0.164 e. The van der Waals surface area contributed by atoms with E-state index >= 15 is 0 Å². The van der Waals surface area contributed by atoms with Crippen molar-refractivity contribution >= 4 is 21.8 Å². The molecule has 226 valence electrons. The third kappa shape index (κ3) is 5.22. The highest BCUT2D eigenvalue weighted by atomic mass is 15.0. The van der Waals surface area contributed by atoms with Gasteiger partial charge in [-0.15, -0.1) is 0 Å². The number of hydrogen-bond donors (Lipinski definition) is 0. The molecule has 2 aromatic heterocycles. The van der Waals surface area contributed by atoms with Crippen molar-refractivity contribution < 1.29 is 0 Å². The lowest BCUT2D eigenvalue weighted by atomic mass is 9.99. The minimum absolute atomic E-state index is 0.427. The molecule has 0 atom stereocenters. The van der Waals surface area contributed by atoms with Crippen molar-refractivity contribution in [2.75, 3.05) is 0 Å².